The van der Waals surface area contributed by atoms with Gasteiger partial charge in [0.2, 0.25) is 0 Å². The van der Waals surface area contributed by atoms with E-state index in [9.17, 15) is 13.6 Å². The van der Waals surface area contributed by atoms with E-state index in [0.29, 0.717) is 34.7 Å². The first-order chi connectivity index (χ1) is 17.0. The molecule has 1 amide bonds. The molecule has 0 saturated carbocycles. The lowest BCUT2D eigenvalue weighted by molar-refractivity contribution is 0.0951. The molecular weight excluding hydrogens is 450 g/mol. The highest BCUT2D eigenvalue weighted by molar-refractivity contribution is 6.03. The van der Waals surface area contributed by atoms with E-state index < -0.39 is 11.6 Å². The summed E-state index contributed by atoms with van der Waals surface area (Å²) in [7, 11) is 1.60. The maximum atomic E-state index is 14.1. The third-order valence-electron chi connectivity index (χ3n) is 6.93. The van der Waals surface area contributed by atoms with Crippen molar-refractivity contribution < 1.29 is 18.3 Å². The number of carbonyl (C=O) groups excluding carboxylic acids is 1. The first-order valence-corrected chi connectivity index (χ1v) is 11.8. The van der Waals surface area contributed by atoms with Crippen LogP contribution in [0.2, 0.25) is 0 Å². The molecular formula is C27H28F2N4O2. The van der Waals surface area contributed by atoms with E-state index >= 15 is 0 Å². The average Bonchev–Trinajstić information content (AvgIpc) is 3.51. The molecule has 0 aliphatic carbocycles. The normalized spacial score (nSPS) is 19.3. The van der Waals surface area contributed by atoms with Gasteiger partial charge in [-0.15, -0.1) is 0 Å². The highest BCUT2D eigenvalue weighted by Crippen LogP contribution is 2.40. The lowest BCUT2D eigenvalue weighted by Gasteiger charge is -2.28. The smallest absolute Gasteiger partial charge is 0.255 e. The predicted molar refractivity (Wildman–Crippen MR) is 131 cm³/mol. The Hall–Kier alpha value is -3.52. The lowest BCUT2D eigenvalue weighted by Crippen LogP contribution is -2.42. The molecule has 8 heteroatoms. The second-order valence-electron chi connectivity index (χ2n) is 9.26. The van der Waals surface area contributed by atoms with Gasteiger partial charge in [0.25, 0.3) is 5.91 Å². The summed E-state index contributed by atoms with van der Waals surface area (Å²) in [6, 6.07) is 10.9. The standard InChI is InChI=1S/C27H28F2N4O2/c1-35-22-5-2-4-18(10-22)14-31-26(34)24-16-30-15-23(19-11-20(28)13-21(29)12-19)25(24)33-9-7-27(17-33)6-3-8-32-27/h2,4-5,10-13,15-16,32H,3,6-9,14,17H2,1H3,(H,31,34). The fourth-order valence-electron chi connectivity index (χ4n) is 5.22. The Morgan fingerprint density at radius 1 is 1.17 bits per heavy atom. The number of halogens is 2. The van der Waals surface area contributed by atoms with Crippen molar-refractivity contribution in [1.29, 1.82) is 0 Å². The predicted octanol–water partition coefficient (Wildman–Crippen LogP) is 4.30. The fourth-order valence-corrected chi connectivity index (χ4v) is 5.22. The van der Waals surface area contributed by atoms with Crippen molar-refractivity contribution in [1.82, 2.24) is 15.6 Å². The Morgan fingerprint density at radius 2 is 2.00 bits per heavy atom. The van der Waals surface area contributed by atoms with Crippen molar-refractivity contribution in [2.24, 2.45) is 0 Å². The molecule has 2 N–H and O–H groups in total. The molecule has 6 nitrogen and oxygen atoms in total. The number of hydrogen-bond donors (Lipinski definition) is 2. The minimum absolute atomic E-state index is 0.00205. The summed E-state index contributed by atoms with van der Waals surface area (Å²) in [6.45, 7) is 2.73. The van der Waals surface area contributed by atoms with Crippen LogP contribution in [-0.4, -0.2) is 43.2 Å². The van der Waals surface area contributed by atoms with Crippen LogP contribution in [0, 0.1) is 11.6 Å². The quantitative estimate of drug-likeness (QED) is 0.553. The van der Waals surface area contributed by atoms with Gasteiger partial charge in [0.15, 0.2) is 0 Å². The van der Waals surface area contributed by atoms with E-state index in [2.05, 4.69) is 20.5 Å². The minimum atomic E-state index is -0.672. The van der Waals surface area contributed by atoms with Crippen molar-refractivity contribution in [3.63, 3.8) is 0 Å². The van der Waals surface area contributed by atoms with Crippen LogP contribution >= 0.6 is 0 Å². The summed E-state index contributed by atoms with van der Waals surface area (Å²) in [5.74, 6) is -0.932. The van der Waals surface area contributed by atoms with Gasteiger partial charge in [0.05, 0.1) is 18.4 Å². The van der Waals surface area contributed by atoms with Crippen LogP contribution < -0.4 is 20.3 Å². The van der Waals surface area contributed by atoms with Crippen LogP contribution in [0.5, 0.6) is 5.75 Å². The van der Waals surface area contributed by atoms with Crippen molar-refractivity contribution in [2.45, 2.75) is 31.3 Å². The summed E-state index contributed by atoms with van der Waals surface area (Å²) in [5, 5.41) is 6.59. The minimum Gasteiger partial charge on any atom is -0.497 e. The number of nitrogens with one attached hydrogen (secondary N) is 2. The van der Waals surface area contributed by atoms with Gasteiger partial charge in [-0.25, -0.2) is 8.78 Å². The first-order valence-electron chi connectivity index (χ1n) is 11.8. The SMILES string of the molecule is COc1cccc(CNC(=O)c2cncc(-c3cc(F)cc(F)c3)c2N2CCC3(CCCN3)C2)c1. The molecule has 1 aromatic heterocycles. The summed E-state index contributed by atoms with van der Waals surface area (Å²) in [5.41, 5.74) is 2.82. The van der Waals surface area contributed by atoms with Gasteiger partial charge in [-0.05, 0) is 61.2 Å². The van der Waals surface area contributed by atoms with E-state index in [1.54, 1.807) is 13.3 Å². The van der Waals surface area contributed by atoms with Crippen LogP contribution in [0.15, 0.2) is 54.9 Å². The number of ether oxygens (including phenoxy) is 1. The third-order valence-corrected chi connectivity index (χ3v) is 6.93. The molecule has 3 heterocycles. The number of benzene rings is 2. The Labute approximate surface area is 203 Å². The zero-order chi connectivity index (χ0) is 24.4. The number of aromatic nitrogens is 1. The summed E-state index contributed by atoms with van der Waals surface area (Å²) in [4.78, 5) is 19.8. The fraction of sp³-hybridized carbons (Fsp3) is 0.333. The summed E-state index contributed by atoms with van der Waals surface area (Å²) >= 11 is 0. The van der Waals surface area contributed by atoms with Crippen LogP contribution in [0.4, 0.5) is 14.5 Å². The number of methoxy groups -OCH3 is 1. The first kappa shape index (κ1) is 23.2. The average molecular weight is 479 g/mol. The monoisotopic (exact) mass is 478 g/mol. The Morgan fingerprint density at radius 3 is 2.74 bits per heavy atom. The molecule has 1 unspecified atom stereocenters. The van der Waals surface area contributed by atoms with Crippen LogP contribution in [0.1, 0.15) is 35.2 Å². The number of carbonyl (C=O) groups is 1. The Balaban J connectivity index is 1.50. The van der Waals surface area contributed by atoms with Gasteiger partial charge in [-0.3, -0.25) is 9.78 Å². The van der Waals surface area contributed by atoms with E-state index in [4.69, 9.17) is 4.74 Å². The molecule has 2 saturated heterocycles. The highest BCUT2D eigenvalue weighted by Gasteiger charge is 2.41. The molecule has 0 bridgehead atoms. The Bertz CT molecular complexity index is 1220. The molecule has 2 aliphatic rings. The van der Waals surface area contributed by atoms with E-state index in [1.807, 2.05) is 24.3 Å². The number of anilines is 1. The zero-order valence-corrected chi connectivity index (χ0v) is 19.6. The van der Waals surface area contributed by atoms with Crippen molar-refractivity contribution in [2.75, 3.05) is 31.6 Å². The third kappa shape index (κ3) is 4.84. The number of pyridine rings is 1. The summed E-state index contributed by atoms with van der Waals surface area (Å²) in [6.07, 6.45) is 6.23. The molecule has 5 rings (SSSR count). The molecule has 2 fully saturated rings. The Kier molecular flexibility index (Phi) is 6.38. The number of nitrogens with zero attached hydrogens (tertiary/aromatic N) is 2. The van der Waals surface area contributed by atoms with E-state index in [0.717, 1.165) is 50.5 Å². The zero-order valence-electron chi connectivity index (χ0n) is 19.6. The lowest BCUT2D eigenvalue weighted by atomic mass is 9.96. The number of hydrogen-bond acceptors (Lipinski definition) is 5. The van der Waals surface area contributed by atoms with Crippen LogP contribution in [0.25, 0.3) is 11.1 Å². The largest absolute Gasteiger partial charge is 0.497 e. The van der Waals surface area contributed by atoms with Crippen molar-refractivity contribution >= 4 is 11.6 Å². The highest BCUT2D eigenvalue weighted by atomic mass is 19.1. The van der Waals surface area contributed by atoms with Gasteiger partial charge in [0, 0.05) is 49.2 Å². The molecule has 2 aromatic carbocycles. The van der Waals surface area contributed by atoms with Gasteiger partial charge in [-0.2, -0.15) is 0 Å². The van der Waals surface area contributed by atoms with Gasteiger partial charge in [0.1, 0.15) is 17.4 Å². The summed E-state index contributed by atoms with van der Waals surface area (Å²) < 4.78 is 33.5. The van der Waals surface area contributed by atoms with Gasteiger partial charge >= 0.3 is 0 Å². The van der Waals surface area contributed by atoms with Gasteiger partial charge < -0.3 is 20.3 Å². The topological polar surface area (TPSA) is 66.5 Å². The van der Waals surface area contributed by atoms with Crippen LogP contribution in [-0.2, 0) is 6.54 Å². The van der Waals surface area contributed by atoms with E-state index in [-0.39, 0.29) is 11.4 Å². The maximum Gasteiger partial charge on any atom is 0.255 e. The van der Waals surface area contributed by atoms with E-state index in [1.165, 1.54) is 18.3 Å². The number of amides is 1. The molecule has 182 valence electrons. The second-order valence-corrected chi connectivity index (χ2v) is 9.26. The van der Waals surface area contributed by atoms with Gasteiger partial charge in [-0.1, -0.05) is 12.1 Å². The van der Waals surface area contributed by atoms with Crippen molar-refractivity contribution in [3.05, 3.63) is 77.6 Å². The number of rotatable bonds is 6. The molecule has 0 radical (unpaired) electrons. The molecule has 3 aromatic rings. The van der Waals surface area contributed by atoms with Crippen LogP contribution in [0.3, 0.4) is 0 Å². The van der Waals surface area contributed by atoms with Crippen molar-refractivity contribution in [3.8, 4) is 16.9 Å². The molecule has 2 aliphatic heterocycles. The second kappa shape index (κ2) is 9.62. The molecule has 1 atom stereocenters. The molecule has 1 spiro atoms. The molecule has 35 heavy (non-hydrogen) atoms. The maximum absolute atomic E-state index is 14.1.